The number of aromatic nitrogens is 2. The Labute approximate surface area is 331 Å². The molecule has 5 fully saturated rings. The van der Waals surface area contributed by atoms with E-state index in [1.165, 1.54) is 24.5 Å². The number of rotatable bonds is 10. The molecule has 1 spiro atoms. The van der Waals surface area contributed by atoms with Crippen molar-refractivity contribution in [1.82, 2.24) is 33.3 Å². The molecule has 0 unspecified atom stereocenters. The van der Waals surface area contributed by atoms with Crippen molar-refractivity contribution in [2.45, 2.75) is 97.9 Å². The summed E-state index contributed by atoms with van der Waals surface area (Å²) in [6.45, 7) is 20.3. The Morgan fingerprint density at radius 2 is 1.64 bits per heavy atom. The minimum absolute atomic E-state index is 0.0761. The van der Waals surface area contributed by atoms with Gasteiger partial charge in [-0.25, -0.2) is 19.2 Å². The van der Waals surface area contributed by atoms with E-state index in [0.717, 1.165) is 58.4 Å². The Bertz CT molecular complexity index is 1860. The van der Waals surface area contributed by atoms with Crippen LogP contribution >= 0.6 is 0 Å². The van der Waals surface area contributed by atoms with Crippen molar-refractivity contribution in [2.75, 3.05) is 70.3 Å². The van der Waals surface area contributed by atoms with Gasteiger partial charge in [-0.2, -0.15) is 17.0 Å². The largest absolute Gasteiger partial charge is 0.451 e. The van der Waals surface area contributed by atoms with E-state index in [0.29, 0.717) is 50.2 Å². The number of halogens is 1. The van der Waals surface area contributed by atoms with Gasteiger partial charge in [-0.1, -0.05) is 0 Å². The van der Waals surface area contributed by atoms with Gasteiger partial charge >= 0.3 is 6.09 Å². The summed E-state index contributed by atoms with van der Waals surface area (Å²) in [5.74, 6) is 1.15. The number of ether oxygens (including phenoxy) is 2. The number of benzene rings is 1. The maximum absolute atomic E-state index is 14.4. The van der Waals surface area contributed by atoms with Crippen LogP contribution in [0.15, 0.2) is 30.7 Å². The maximum atomic E-state index is 14.4. The molecule has 1 aromatic carbocycles. The van der Waals surface area contributed by atoms with E-state index in [-0.39, 0.29) is 52.8 Å². The third kappa shape index (κ3) is 8.35. The molecule has 7 rings (SSSR count). The predicted molar refractivity (Wildman–Crippen MR) is 210 cm³/mol. The molecule has 0 N–H and O–H groups in total. The van der Waals surface area contributed by atoms with E-state index in [4.69, 9.17) is 9.47 Å². The molecule has 2 aromatic rings. The minimum Gasteiger partial charge on any atom is -0.451 e. The van der Waals surface area contributed by atoms with E-state index < -0.39 is 21.6 Å². The lowest BCUT2D eigenvalue weighted by molar-refractivity contribution is -0.0164. The second kappa shape index (κ2) is 15.6. The van der Waals surface area contributed by atoms with Gasteiger partial charge in [-0.15, -0.1) is 0 Å². The quantitative estimate of drug-likeness (QED) is 0.321. The minimum atomic E-state index is -3.59. The number of fused-ring (bicyclic) bond motifs is 1. The molecule has 0 bridgehead atoms. The SMILES string of the molecule is CC(C)N(C(=O)c1cc(F)ccc1Oc1cncnc1N1CC2(CCN(CC3CCN(S(=O)(=O)N4C[C@@H]5CN(C(=O)OC(C)(C)C)[C@@H]5C4)CC3)CC2)C1)C(C)C. The molecule has 6 heterocycles. The summed E-state index contributed by atoms with van der Waals surface area (Å²) < 4.78 is 56.8. The van der Waals surface area contributed by atoms with Crippen LogP contribution in [0.25, 0.3) is 0 Å². The van der Waals surface area contributed by atoms with E-state index in [9.17, 15) is 22.4 Å². The lowest BCUT2D eigenvalue weighted by atomic mass is 9.72. The van der Waals surface area contributed by atoms with Gasteiger partial charge in [-0.05, 0) is 111 Å². The number of amides is 2. The second-order valence-corrected chi connectivity index (χ2v) is 20.1. The molecule has 0 aliphatic carbocycles. The van der Waals surface area contributed by atoms with Crippen LogP contribution in [0.2, 0.25) is 0 Å². The lowest BCUT2D eigenvalue weighted by Crippen LogP contribution is -2.61. The number of carbonyl (C=O) groups is 2. The number of piperidine rings is 2. The molecule has 0 saturated carbocycles. The van der Waals surface area contributed by atoms with Gasteiger partial charge in [-0.3, -0.25) is 4.79 Å². The molecular weight excluding hydrogens is 740 g/mol. The number of hydrogen-bond donors (Lipinski definition) is 0. The highest BCUT2D eigenvalue weighted by molar-refractivity contribution is 7.86. The van der Waals surface area contributed by atoms with E-state index >= 15 is 0 Å². The van der Waals surface area contributed by atoms with Crippen LogP contribution in [0.5, 0.6) is 11.5 Å². The van der Waals surface area contributed by atoms with Gasteiger partial charge in [0.05, 0.1) is 17.8 Å². The molecular formula is C40H59FN8O6S. The van der Waals surface area contributed by atoms with Crippen LogP contribution in [-0.4, -0.2) is 143 Å². The first-order chi connectivity index (χ1) is 26.4. The molecule has 14 nitrogen and oxygen atoms in total. The van der Waals surface area contributed by atoms with Crippen molar-refractivity contribution in [3.63, 3.8) is 0 Å². The fraction of sp³-hybridized carbons (Fsp3) is 0.700. The van der Waals surface area contributed by atoms with Crippen molar-refractivity contribution >= 4 is 28.0 Å². The normalized spacial score (nSPS) is 23.6. The highest BCUT2D eigenvalue weighted by atomic mass is 32.2. The van der Waals surface area contributed by atoms with Crippen LogP contribution in [0.4, 0.5) is 15.0 Å². The molecule has 2 atom stereocenters. The van der Waals surface area contributed by atoms with Crippen LogP contribution in [0, 0.1) is 23.1 Å². The molecule has 308 valence electrons. The molecule has 5 aliphatic rings. The average molecular weight is 799 g/mol. The predicted octanol–water partition coefficient (Wildman–Crippen LogP) is 5.08. The smallest absolute Gasteiger partial charge is 0.410 e. The molecule has 16 heteroatoms. The van der Waals surface area contributed by atoms with Crippen LogP contribution in [0.3, 0.4) is 0 Å². The summed E-state index contributed by atoms with van der Waals surface area (Å²) in [6.07, 6.45) is 6.53. The number of likely N-dealkylation sites (tertiary alicyclic amines) is 2. The van der Waals surface area contributed by atoms with Crippen molar-refractivity contribution in [1.29, 1.82) is 0 Å². The van der Waals surface area contributed by atoms with Crippen LogP contribution < -0.4 is 9.64 Å². The summed E-state index contributed by atoms with van der Waals surface area (Å²) in [5, 5.41) is 0. The summed E-state index contributed by atoms with van der Waals surface area (Å²) >= 11 is 0. The Morgan fingerprint density at radius 1 is 0.964 bits per heavy atom. The average Bonchev–Trinajstić information content (AvgIpc) is 3.44. The fourth-order valence-corrected chi connectivity index (χ4v) is 11.0. The topological polar surface area (TPSA) is 132 Å². The van der Waals surface area contributed by atoms with Crippen molar-refractivity contribution < 1.29 is 31.9 Å². The third-order valence-corrected chi connectivity index (χ3v) is 14.2. The first-order valence-electron chi connectivity index (χ1n) is 20.3. The zero-order chi connectivity index (χ0) is 40.2. The van der Waals surface area contributed by atoms with Crippen LogP contribution in [-0.2, 0) is 14.9 Å². The molecule has 56 heavy (non-hydrogen) atoms. The van der Waals surface area contributed by atoms with Gasteiger partial charge in [0, 0.05) is 75.8 Å². The Hall–Kier alpha value is -3.60. The summed E-state index contributed by atoms with van der Waals surface area (Å²) in [4.78, 5) is 43.1. The third-order valence-electron chi connectivity index (χ3n) is 12.2. The van der Waals surface area contributed by atoms with Gasteiger partial charge in [0.25, 0.3) is 16.1 Å². The molecule has 5 aliphatic heterocycles. The van der Waals surface area contributed by atoms with E-state index in [2.05, 4.69) is 19.8 Å². The van der Waals surface area contributed by atoms with Crippen molar-refractivity contribution in [2.24, 2.45) is 17.3 Å². The summed E-state index contributed by atoms with van der Waals surface area (Å²) in [6, 6.07) is 3.75. The van der Waals surface area contributed by atoms with E-state index in [1.54, 1.807) is 24.6 Å². The first-order valence-corrected chi connectivity index (χ1v) is 21.6. The zero-order valence-electron chi connectivity index (χ0n) is 34.0. The van der Waals surface area contributed by atoms with Crippen LogP contribution in [0.1, 0.15) is 84.5 Å². The number of anilines is 1. The number of hydrogen-bond acceptors (Lipinski definition) is 10. The second-order valence-electron chi connectivity index (χ2n) is 18.1. The molecule has 0 radical (unpaired) electrons. The molecule has 2 amide bonds. The lowest BCUT2D eigenvalue weighted by Gasteiger charge is -2.54. The first kappa shape index (κ1) is 40.6. The summed E-state index contributed by atoms with van der Waals surface area (Å²) in [5.41, 5.74) is -0.248. The highest BCUT2D eigenvalue weighted by Crippen LogP contribution is 2.45. The number of carbonyl (C=O) groups excluding carboxylic acids is 2. The molecule has 1 aromatic heterocycles. The Morgan fingerprint density at radius 3 is 2.29 bits per heavy atom. The van der Waals surface area contributed by atoms with E-state index in [1.807, 2.05) is 48.5 Å². The monoisotopic (exact) mass is 798 g/mol. The summed E-state index contributed by atoms with van der Waals surface area (Å²) in [7, 11) is -3.59. The van der Waals surface area contributed by atoms with Crippen molar-refractivity contribution in [3.05, 3.63) is 42.1 Å². The maximum Gasteiger partial charge on any atom is 0.410 e. The Kier molecular flexibility index (Phi) is 11.3. The zero-order valence-corrected chi connectivity index (χ0v) is 34.8. The highest BCUT2D eigenvalue weighted by Gasteiger charge is 2.53. The standard InChI is InChI=1S/C40H59FN8O6S/c1-27(2)49(28(3)4)37(50)32-18-31(41)8-9-34(32)54-35-19-42-26-43-36(35)45-24-40(25-45)12-16-44(17-13-40)20-29-10-14-46(15-11-29)56(52,53)47-21-30-22-48(33(30)23-47)38(51)55-39(5,6)7/h8-9,18-19,26-30,33H,10-17,20-25H2,1-7H3/t30-,33-/m1/s1. The van der Waals surface area contributed by atoms with Crippen molar-refractivity contribution in [3.8, 4) is 11.5 Å². The van der Waals surface area contributed by atoms with Gasteiger partial charge in [0.15, 0.2) is 11.6 Å². The van der Waals surface area contributed by atoms with Gasteiger partial charge in [0.2, 0.25) is 0 Å². The molecule has 5 saturated heterocycles. The van der Waals surface area contributed by atoms with Gasteiger partial charge < -0.3 is 29.1 Å². The number of nitrogens with zero attached hydrogens (tertiary/aromatic N) is 8. The Balaban J connectivity index is 0.881. The fourth-order valence-electron chi connectivity index (χ4n) is 9.31. The van der Waals surface area contributed by atoms with Gasteiger partial charge in [0.1, 0.15) is 23.5 Å².